The molecule has 0 atom stereocenters. The molecule has 1 N–H and O–H groups in total. The third kappa shape index (κ3) is 4.38. The summed E-state index contributed by atoms with van der Waals surface area (Å²) in [6.45, 7) is 3.20. The molecule has 1 fully saturated rings. The molecular weight excluding hydrogens is 424 g/mol. The van der Waals surface area contributed by atoms with Crippen molar-refractivity contribution in [1.29, 1.82) is 0 Å². The van der Waals surface area contributed by atoms with Crippen molar-refractivity contribution in [2.75, 3.05) is 40.7 Å². The van der Waals surface area contributed by atoms with E-state index in [9.17, 15) is 8.42 Å². The fourth-order valence-corrected chi connectivity index (χ4v) is 5.38. The number of nitrogens with one attached hydrogen (secondary N) is 1. The Morgan fingerprint density at radius 1 is 0.812 bits per heavy atom. The highest BCUT2D eigenvalue weighted by Crippen LogP contribution is 2.25. The molecule has 0 spiro atoms. The van der Waals surface area contributed by atoms with Crippen molar-refractivity contribution in [3.63, 3.8) is 0 Å². The van der Waals surface area contributed by atoms with E-state index in [1.807, 2.05) is 24.3 Å². The molecule has 3 heterocycles. The Kier molecular flexibility index (Phi) is 5.65. The number of aromatic nitrogens is 3. The minimum absolute atomic E-state index is 0.285. The summed E-state index contributed by atoms with van der Waals surface area (Å²) < 4.78 is 28.3. The molecule has 9 heteroatoms. The number of hydrogen-bond acceptors (Lipinski definition) is 7. The zero-order valence-corrected chi connectivity index (χ0v) is 18.6. The smallest absolute Gasteiger partial charge is 0.262 e. The molecular formula is C23H26N6O2S. The maximum atomic E-state index is 12.9. The van der Waals surface area contributed by atoms with Crippen molar-refractivity contribution in [2.24, 2.45) is 0 Å². The van der Waals surface area contributed by atoms with Crippen molar-refractivity contribution in [3.8, 4) is 0 Å². The minimum Gasteiger partial charge on any atom is -0.353 e. The number of piperazine rings is 1. The number of fused-ring (bicyclic) bond motifs is 1. The van der Waals surface area contributed by atoms with Crippen molar-refractivity contribution >= 4 is 27.5 Å². The molecule has 32 heavy (non-hydrogen) atoms. The highest BCUT2D eigenvalue weighted by atomic mass is 32.2. The van der Waals surface area contributed by atoms with Gasteiger partial charge in [0.05, 0.1) is 23.0 Å². The van der Waals surface area contributed by atoms with Gasteiger partial charge in [-0.05, 0) is 61.1 Å². The van der Waals surface area contributed by atoms with Crippen molar-refractivity contribution in [2.45, 2.75) is 30.6 Å². The Morgan fingerprint density at radius 3 is 2.25 bits per heavy atom. The van der Waals surface area contributed by atoms with E-state index >= 15 is 0 Å². The van der Waals surface area contributed by atoms with Crippen LogP contribution >= 0.6 is 0 Å². The molecule has 1 aromatic carbocycles. The summed E-state index contributed by atoms with van der Waals surface area (Å²) in [6.07, 6.45) is 9.09. The third-order valence-electron chi connectivity index (χ3n) is 6.06. The van der Waals surface area contributed by atoms with Crippen LogP contribution in [0.2, 0.25) is 0 Å². The van der Waals surface area contributed by atoms with Gasteiger partial charge in [0.2, 0.25) is 5.95 Å². The van der Waals surface area contributed by atoms with E-state index in [0.29, 0.717) is 11.6 Å². The summed E-state index contributed by atoms with van der Waals surface area (Å²) in [5.74, 6) is 1.57. The van der Waals surface area contributed by atoms with Gasteiger partial charge in [-0.25, -0.2) is 23.4 Å². The second kappa shape index (κ2) is 8.74. The number of hydrogen-bond donors (Lipinski definition) is 1. The van der Waals surface area contributed by atoms with E-state index in [4.69, 9.17) is 0 Å². The summed E-state index contributed by atoms with van der Waals surface area (Å²) in [4.78, 5) is 17.8. The van der Waals surface area contributed by atoms with E-state index in [1.165, 1.54) is 24.4 Å². The van der Waals surface area contributed by atoms with E-state index in [2.05, 4.69) is 29.5 Å². The van der Waals surface area contributed by atoms with Gasteiger partial charge in [-0.15, -0.1) is 0 Å². The van der Waals surface area contributed by atoms with Gasteiger partial charge in [0.1, 0.15) is 5.82 Å². The number of nitrogens with zero attached hydrogens (tertiary/aromatic N) is 5. The van der Waals surface area contributed by atoms with Gasteiger partial charge >= 0.3 is 0 Å². The van der Waals surface area contributed by atoms with Gasteiger partial charge in [0.15, 0.2) is 0 Å². The topological polar surface area (TPSA) is 91.3 Å². The molecule has 0 unspecified atom stereocenters. The van der Waals surface area contributed by atoms with E-state index in [-0.39, 0.29) is 4.90 Å². The Balaban J connectivity index is 1.23. The molecule has 1 aliphatic heterocycles. The Morgan fingerprint density at radius 2 is 1.53 bits per heavy atom. The molecule has 0 amide bonds. The highest BCUT2D eigenvalue weighted by Gasteiger charge is 2.21. The Bertz CT molecular complexity index is 1180. The first-order valence-electron chi connectivity index (χ1n) is 11.0. The number of benzene rings is 1. The lowest BCUT2D eigenvalue weighted by Crippen LogP contribution is -2.47. The molecule has 0 saturated carbocycles. The van der Waals surface area contributed by atoms with Crippen LogP contribution in [0.4, 0.5) is 17.5 Å². The first-order valence-corrected chi connectivity index (χ1v) is 12.4. The molecule has 0 bridgehead atoms. The monoisotopic (exact) mass is 450 g/mol. The predicted octanol–water partition coefficient (Wildman–Crippen LogP) is 2.88. The first-order chi connectivity index (χ1) is 15.6. The van der Waals surface area contributed by atoms with Crippen LogP contribution in [0.3, 0.4) is 0 Å². The number of aryl methyl sites for hydroxylation is 2. The van der Waals surface area contributed by atoms with Gasteiger partial charge in [-0.1, -0.05) is 12.1 Å². The molecule has 1 aliphatic carbocycles. The average Bonchev–Trinajstić information content (AvgIpc) is 2.85. The SMILES string of the molecule is O=S(=O)(Nc1cnc(N2CCN(c3ccccn3)CC2)nc1)c1ccc2c(c1)CCCC2. The summed E-state index contributed by atoms with van der Waals surface area (Å²) in [7, 11) is -3.68. The van der Waals surface area contributed by atoms with Crippen LogP contribution in [0.25, 0.3) is 0 Å². The number of sulfonamides is 1. The van der Waals surface area contributed by atoms with Gasteiger partial charge in [0.25, 0.3) is 10.0 Å². The maximum Gasteiger partial charge on any atom is 0.262 e. The highest BCUT2D eigenvalue weighted by molar-refractivity contribution is 7.92. The normalized spacial score (nSPS) is 16.5. The van der Waals surface area contributed by atoms with E-state index < -0.39 is 10.0 Å². The quantitative estimate of drug-likeness (QED) is 0.639. The molecule has 0 radical (unpaired) electrons. The average molecular weight is 451 g/mol. The van der Waals surface area contributed by atoms with Crippen LogP contribution in [-0.4, -0.2) is 49.5 Å². The lowest BCUT2D eigenvalue weighted by molar-refractivity contribution is 0.600. The summed E-state index contributed by atoms with van der Waals surface area (Å²) in [6, 6.07) is 11.3. The number of pyridine rings is 1. The largest absolute Gasteiger partial charge is 0.353 e. The first kappa shape index (κ1) is 20.7. The van der Waals surface area contributed by atoms with Crippen molar-refractivity contribution in [3.05, 3.63) is 66.1 Å². The lowest BCUT2D eigenvalue weighted by Gasteiger charge is -2.35. The fraction of sp³-hybridized carbons (Fsp3) is 0.348. The van der Waals surface area contributed by atoms with Crippen LogP contribution in [0, 0.1) is 0 Å². The van der Waals surface area contributed by atoms with Gasteiger partial charge < -0.3 is 9.80 Å². The van der Waals surface area contributed by atoms with Crippen LogP contribution < -0.4 is 14.5 Å². The van der Waals surface area contributed by atoms with E-state index in [0.717, 1.165) is 56.8 Å². The fourth-order valence-electron chi connectivity index (χ4n) is 4.30. The lowest BCUT2D eigenvalue weighted by atomic mass is 9.92. The van der Waals surface area contributed by atoms with Crippen molar-refractivity contribution in [1.82, 2.24) is 15.0 Å². The number of anilines is 3. The van der Waals surface area contributed by atoms with E-state index in [1.54, 1.807) is 18.3 Å². The molecule has 8 nitrogen and oxygen atoms in total. The predicted molar refractivity (Wildman–Crippen MR) is 125 cm³/mol. The zero-order chi connectivity index (χ0) is 22.0. The van der Waals surface area contributed by atoms with Crippen LogP contribution in [0.15, 0.2) is 59.9 Å². The second-order valence-electron chi connectivity index (χ2n) is 8.18. The minimum atomic E-state index is -3.68. The van der Waals surface area contributed by atoms with Gasteiger partial charge in [0, 0.05) is 32.4 Å². The zero-order valence-electron chi connectivity index (χ0n) is 17.8. The van der Waals surface area contributed by atoms with Gasteiger partial charge in [-0.3, -0.25) is 4.72 Å². The molecule has 2 aromatic heterocycles. The maximum absolute atomic E-state index is 12.9. The van der Waals surface area contributed by atoms with Crippen LogP contribution in [0.5, 0.6) is 0 Å². The molecule has 2 aliphatic rings. The van der Waals surface area contributed by atoms with Gasteiger partial charge in [-0.2, -0.15) is 0 Å². The summed E-state index contributed by atoms with van der Waals surface area (Å²) >= 11 is 0. The summed E-state index contributed by atoms with van der Waals surface area (Å²) in [5, 5.41) is 0. The summed E-state index contributed by atoms with van der Waals surface area (Å²) in [5.41, 5.74) is 2.75. The molecule has 166 valence electrons. The Labute approximate surface area is 188 Å². The van der Waals surface area contributed by atoms with Crippen LogP contribution in [-0.2, 0) is 22.9 Å². The standard InChI is InChI=1S/C23H26N6O2S/c30-32(31,21-9-8-18-5-1-2-6-19(18)15-21)27-20-16-25-23(26-17-20)29-13-11-28(12-14-29)22-7-3-4-10-24-22/h3-4,7-10,15-17,27H,1-2,5-6,11-14H2. The third-order valence-corrected chi connectivity index (χ3v) is 7.44. The molecule has 1 saturated heterocycles. The number of rotatable bonds is 5. The molecule has 3 aromatic rings. The molecule has 5 rings (SSSR count). The Hall–Kier alpha value is -3.20. The second-order valence-corrected chi connectivity index (χ2v) is 9.86. The van der Waals surface area contributed by atoms with Crippen molar-refractivity contribution < 1.29 is 8.42 Å². The van der Waals surface area contributed by atoms with Crippen LogP contribution in [0.1, 0.15) is 24.0 Å².